The minimum atomic E-state index is -0.701. The molecule has 110 valence electrons. The van der Waals surface area contributed by atoms with Crippen molar-refractivity contribution in [3.8, 4) is 0 Å². The second-order valence-electron chi connectivity index (χ2n) is 5.22. The van der Waals surface area contributed by atoms with Crippen LogP contribution in [-0.2, 0) is 4.79 Å². The van der Waals surface area contributed by atoms with Crippen molar-refractivity contribution in [1.29, 1.82) is 0 Å². The van der Waals surface area contributed by atoms with Crippen LogP contribution in [0.4, 0.5) is 0 Å². The van der Waals surface area contributed by atoms with Crippen LogP contribution in [0.3, 0.4) is 0 Å². The minimum Gasteiger partial charge on any atom is -0.480 e. The Balaban J connectivity index is 1.92. The summed E-state index contributed by atoms with van der Waals surface area (Å²) in [6.07, 6.45) is 7.28. The number of rotatable bonds is 7. The molecule has 1 saturated carbocycles. The van der Waals surface area contributed by atoms with E-state index in [0.717, 1.165) is 31.4 Å². The van der Waals surface area contributed by atoms with Crippen LogP contribution < -0.4 is 5.32 Å². The molecule has 0 saturated heterocycles. The minimum absolute atomic E-state index is 0.231. The van der Waals surface area contributed by atoms with Gasteiger partial charge >= 0.3 is 5.97 Å². The van der Waals surface area contributed by atoms with Crippen LogP contribution in [0.2, 0.25) is 0 Å². The Hall–Kier alpha value is -1.07. The van der Waals surface area contributed by atoms with Gasteiger partial charge in [-0.3, -0.25) is 9.78 Å². The highest BCUT2D eigenvalue weighted by atomic mass is 32.2. The zero-order valence-electron chi connectivity index (χ0n) is 11.8. The number of carboxylic acid groups (broad SMARTS) is 1. The van der Waals surface area contributed by atoms with Crippen molar-refractivity contribution in [2.45, 2.75) is 43.0 Å². The number of aliphatic carboxylic acids is 1. The summed E-state index contributed by atoms with van der Waals surface area (Å²) < 4.78 is 0. The van der Waals surface area contributed by atoms with Gasteiger partial charge in [-0.2, -0.15) is 0 Å². The third-order valence-electron chi connectivity index (χ3n) is 4.08. The molecule has 0 radical (unpaired) electrons. The molecule has 2 atom stereocenters. The quantitative estimate of drug-likeness (QED) is 0.757. The molecule has 0 amide bonds. The first-order chi connectivity index (χ1) is 9.69. The molecule has 1 heterocycles. The molecule has 1 aromatic heterocycles. The average molecular weight is 294 g/mol. The zero-order valence-corrected chi connectivity index (χ0v) is 12.7. The zero-order chi connectivity index (χ0) is 14.4. The Bertz CT molecular complexity index is 441. The first kappa shape index (κ1) is 15.3. The van der Waals surface area contributed by atoms with Gasteiger partial charge < -0.3 is 10.4 Å². The molecule has 0 bridgehead atoms. The van der Waals surface area contributed by atoms with E-state index in [-0.39, 0.29) is 5.92 Å². The fourth-order valence-electron chi connectivity index (χ4n) is 3.13. The van der Waals surface area contributed by atoms with E-state index in [9.17, 15) is 9.90 Å². The maximum Gasteiger partial charge on any atom is 0.324 e. The molecular weight excluding hydrogens is 272 g/mol. The van der Waals surface area contributed by atoms with E-state index in [1.54, 1.807) is 24.2 Å². The Morgan fingerprint density at radius 3 is 2.95 bits per heavy atom. The van der Waals surface area contributed by atoms with Gasteiger partial charge in [0.05, 0.1) is 0 Å². The van der Waals surface area contributed by atoms with Crippen LogP contribution in [0.5, 0.6) is 0 Å². The molecule has 0 aromatic carbocycles. The number of aromatic nitrogens is 1. The highest BCUT2D eigenvalue weighted by Gasteiger charge is 2.48. The van der Waals surface area contributed by atoms with Gasteiger partial charge in [0, 0.05) is 17.3 Å². The lowest BCUT2D eigenvalue weighted by Crippen LogP contribution is -2.54. The van der Waals surface area contributed by atoms with Crippen molar-refractivity contribution in [1.82, 2.24) is 10.3 Å². The van der Waals surface area contributed by atoms with Gasteiger partial charge in [-0.05, 0) is 49.6 Å². The normalized spacial score (nSPS) is 25.8. The lowest BCUT2D eigenvalue weighted by Gasteiger charge is -2.32. The molecule has 2 unspecified atom stereocenters. The lowest BCUT2D eigenvalue weighted by atomic mass is 9.85. The molecule has 5 heteroatoms. The smallest absolute Gasteiger partial charge is 0.324 e. The van der Waals surface area contributed by atoms with Crippen LogP contribution in [0.25, 0.3) is 0 Å². The summed E-state index contributed by atoms with van der Waals surface area (Å²) >= 11 is 1.78. The summed E-state index contributed by atoms with van der Waals surface area (Å²) in [7, 11) is 0. The van der Waals surface area contributed by atoms with Gasteiger partial charge in [0.25, 0.3) is 0 Å². The van der Waals surface area contributed by atoms with E-state index in [2.05, 4.69) is 10.3 Å². The van der Waals surface area contributed by atoms with Gasteiger partial charge in [0.1, 0.15) is 5.54 Å². The van der Waals surface area contributed by atoms with Crippen molar-refractivity contribution in [2.75, 3.05) is 12.3 Å². The second kappa shape index (κ2) is 7.09. The molecule has 2 N–H and O–H groups in total. The monoisotopic (exact) mass is 294 g/mol. The second-order valence-corrected chi connectivity index (χ2v) is 6.38. The number of thioether (sulfide) groups is 1. The standard InChI is InChI=1S/C15H22N2O2S/c1-2-17-15(14(18)19)8-3-4-12(15)7-11-20-13-5-9-16-10-6-13/h5-6,9-10,12,17H,2-4,7-8,11H2,1H3,(H,18,19). The van der Waals surface area contributed by atoms with Gasteiger partial charge in [0.15, 0.2) is 0 Å². The molecule has 2 rings (SSSR count). The third kappa shape index (κ3) is 3.33. The van der Waals surface area contributed by atoms with Gasteiger partial charge in [-0.1, -0.05) is 13.3 Å². The van der Waals surface area contributed by atoms with Gasteiger partial charge in [-0.15, -0.1) is 11.8 Å². The molecule has 4 nitrogen and oxygen atoms in total. The summed E-state index contributed by atoms with van der Waals surface area (Å²) in [5.41, 5.74) is -0.701. The van der Waals surface area contributed by atoms with E-state index < -0.39 is 11.5 Å². The van der Waals surface area contributed by atoms with E-state index in [4.69, 9.17) is 0 Å². The predicted octanol–water partition coefficient (Wildman–Crippen LogP) is 2.80. The van der Waals surface area contributed by atoms with Gasteiger partial charge in [0.2, 0.25) is 0 Å². The molecule has 1 aliphatic carbocycles. The molecule has 1 fully saturated rings. The number of carbonyl (C=O) groups is 1. The first-order valence-electron chi connectivity index (χ1n) is 7.20. The summed E-state index contributed by atoms with van der Waals surface area (Å²) in [6.45, 7) is 2.69. The molecule has 1 aromatic rings. The largest absolute Gasteiger partial charge is 0.480 e. The van der Waals surface area contributed by atoms with E-state index in [1.807, 2.05) is 19.1 Å². The summed E-state index contributed by atoms with van der Waals surface area (Å²) in [4.78, 5) is 16.9. The van der Waals surface area contributed by atoms with Crippen LogP contribution in [0, 0.1) is 5.92 Å². The fourth-order valence-corrected chi connectivity index (χ4v) is 4.08. The molecular formula is C15H22N2O2S. The first-order valence-corrected chi connectivity index (χ1v) is 8.19. The molecule has 0 aliphatic heterocycles. The summed E-state index contributed by atoms with van der Waals surface area (Å²) in [6, 6.07) is 3.99. The number of nitrogens with zero attached hydrogens (tertiary/aromatic N) is 1. The number of hydrogen-bond donors (Lipinski definition) is 2. The van der Waals surface area contributed by atoms with Crippen LogP contribution in [0.15, 0.2) is 29.4 Å². The van der Waals surface area contributed by atoms with Crippen molar-refractivity contribution in [3.63, 3.8) is 0 Å². The Kier molecular flexibility index (Phi) is 5.43. The topological polar surface area (TPSA) is 62.2 Å². The molecule has 20 heavy (non-hydrogen) atoms. The SMILES string of the molecule is CCNC1(C(=O)O)CCCC1CCSc1ccncc1. The van der Waals surface area contributed by atoms with Crippen molar-refractivity contribution >= 4 is 17.7 Å². The maximum absolute atomic E-state index is 11.7. The van der Waals surface area contributed by atoms with E-state index in [0.29, 0.717) is 6.54 Å². The van der Waals surface area contributed by atoms with E-state index >= 15 is 0 Å². The third-order valence-corrected chi connectivity index (χ3v) is 5.12. The molecule has 0 spiro atoms. The Labute approximate surface area is 124 Å². The number of hydrogen-bond acceptors (Lipinski definition) is 4. The number of nitrogens with one attached hydrogen (secondary N) is 1. The van der Waals surface area contributed by atoms with Crippen molar-refractivity contribution in [3.05, 3.63) is 24.5 Å². The van der Waals surface area contributed by atoms with Crippen LogP contribution >= 0.6 is 11.8 Å². The number of likely N-dealkylation sites (N-methyl/N-ethyl adjacent to an activating group) is 1. The fraction of sp³-hybridized carbons (Fsp3) is 0.600. The van der Waals surface area contributed by atoms with Crippen molar-refractivity contribution in [2.24, 2.45) is 5.92 Å². The maximum atomic E-state index is 11.7. The van der Waals surface area contributed by atoms with Crippen LogP contribution in [0.1, 0.15) is 32.6 Å². The van der Waals surface area contributed by atoms with Gasteiger partial charge in [-0.25, -0.2) is 0 Å². The van der Waals surface area contributed by atoms with Crippen LogP contribution in [-0.4, -0.2) is 33.9 Å². The number of pyridine rings is 1. The Morgan fingerprint density at radius 1 is 1.55 bits per heavy atom. The summed E-state index contributed by atoms with van der Waals surface area (Å²) in [5, 5.41) is 12.8. The van der Waals surface area contributed by atoms with E-state index in [1.165, 1.54) is 4.90 Å². The highest BCUT2D eigenvalue weighted by molar-refractivity contribution is 7.99. The predicted molar refractivity (Wildman–Crippen MR) is 81.0 cm³/mol. The molecule has 1 aliphatic rings. The lowest BCUT2D eigenvalue weighted by molar-refractivity contribution is -0.146. The average Bonchev–Trinajstić information content (AvgIpc) is 2.85. The van der Waals surface area contributed by atoms with Crippen molar-refractivity contribution < 1.29 is 9.90 Å². The Morgan fingerprint density at radius 2 is 2.30 bits per heavy atom. The highest BCUT2D eigenvalue weighted by Crippen LogP contribution is 2.39. The number of carboxylic acids is 1. The summed E-state index contributed by atoms with van der Waals surface area (Å²) in [5.74, 6) is 0.500.